The molecule has 0 amide bonds. The molecule has 2 rings (SSSR count). The smallest absolute Gasteiger partial charge is 0.119 e. The van der Waals surface area contributed by atoms with Gasteiger partial charge in [0.05, 0.1) is 6.61 Å². The molecule has 0 bridgehead atoms. The van der Waals surface area contributed by atoms with Crippen LogP contribution >= 0.6 is 11.6 Å². The summed E-state index contributed by atoms with van der Waals surface area (Å²) >= 11 is 5.86. The van der Waals surface area contributed by atoms with Gasteiger partial charge in [-0.2, -0.15) is 0 Å². The largest absolute Gasteiger partial charge is 0.494 e. The average molecular weight is 254 g/mol. The Morgan fingerprint density at radius 2 is 2.12 bits per heavy atom. The number of hydrogen-bond donors (Lipinski definition) is 0. The first-order valence-electron chi connectivity index (χ1n) is 6.34. The summed E-state index contributed by atoms with van der Waals surface area (Å²) in [5, 5.41) is 0. The van der Waals surface area contributed by atoms with Crippen LogP contribution in [0.3, 0.4) is 0 Å². The Balaban J connectivity index is 1.58. The zero-order valence-corrected chi connectivity index (χ0v) is 10.9. The predicted octanol–water partition coefficient (Wildman–Crippen LogP) is 3.02. The Bertz CT molecular complexity index is 317. The Labute approximate surface area is 109 Å². The maximum atomic E-state index is 5.86. The number of hydrogen-bond acceptors (Lipinski definition) is 2. The molecule has 2 nitrogen and oxygen atoms in total. The van der Waals surface area contributed by atoms with Gasteiger partial charge in [0, 0.05) is 19.0 Å². The maximum absolute atomic E-state index is 5.86. The maximum Gasteiger partial charge on any atom is 0.119 e. The lowest BCUT2D eigenvalue weighted by Gasteiger charge is -2.15. The molecule has 1 unspecified atom stereocenters. The van der Waals surface area contributed by atoms with Crippen molar-refractivity contribution in [3.8, 4) is 5.75 Å². The monoisotopic (exact) mass is 253 g/mol. The summed E-state index contributed by atoms with van der Waals surface area (Å²) in [5.74, 6) is 2.47. The molecule has 3 heteroatoms. The number of para-hydroxylation sites is 1. The van der Waals surface area contributed by atoms with Gasteiger partial charge in [0.25, 0.3) is 0 Å². The third-order valence-corrected chi connectivity index (χ3v) is 3.66. The fourth-order valence-electron chi connectivity index (χ4n) is 2.24. The number of ether oxygens (including phenoxy) is 1. The van der Waals surface area contributed by atoms with Crippen molar-refractivity contribution < 1.29 is 4.74 Å². The zero-order chi connectivity index (χ0) is 11.9. The predicted molar refractivity (Wildman–Crippen MR) is 71.8 cm³/mol. The Morgan fingerprint density at radius 3 is 2.82 bits per heavy atom. The SMILES string of the molecule is ClCC1CCN(CCCOc2ccccc2)C1. The molecule has 0 aliphatic carbocycles. The van der Waals surface area contributed by atoms with Gasteiger partial charge in [-0.1, -0.05) is 18.2 Å². The molecular formula is C14H20ClNO. The standard InChI is InChI=1S/C14H20ClNO/c15-11-13-7-9-16(12-13)8-4-10-17-14-5-2-1-3-6-14/h1-3,5-6,13H,4,7-12H2. The van der Waals surface area contributed by atoms with Crippen LogP contribution in [0.4, 0.5) is 0 Å². The second kappa shape index (κ2) is 6.87. The lowest BCUT2D eigenvalue weighted by atomic mass is 10.2. The Kier molecular flexibility index (Phi) is 5.14. The van der Waals surface area contributed by atoms with Crippen LogP contribution in [-0.2, 0) is 0 Å². The molecular weight excluding hydrogens is 234 g/mol. The van der Waals surface area contributed by atoms with Gasteiger partial charge in [-0.25, -0.2) is 0 Å². The van der Waals surface area contributed by atoms with E-state index in [0.29, 0.717) is 5.92 Å². The minimum Gasteiger partial charge on any atom is -0.494 e. The molecule has 0 spiro atoms. The van der Waals surface area contributed by atoms with Crippen molar-refractivity contribution in [1.29, 1.82) is 0 Å². The molecule has 1 aliphatic rings. The first-order valence-corrected chi connectivity index (χ1v) is 6.88. The highest BCUT2D eigenvalue weighted by atomic mass is 35.5. The topological polar surface area (TPSA) is 12.5 Å². The molecule has 1 aromatic rings. The average Bonchev–Trinajstić information content (AvgIpc) is 2.84. The fourth-order valence-corrected chi connectivity index (χ4v) is 2.49. The van der Waals surface area contributed by atoms with E-state index >= 15 is 0 Å². The lowest BCUT2D eigenvalue weighted by molar-refractivity contribution is 0.260. The Morgan fingerprint density at radius 1 is 1.29 bits per heavy atom. The summed E-state index contributed by atoms with van der Waals surface area (Å²) in [4.78, 5) is 2.49. The van der Waals surface area contributed by atoms with Crippen molar-refractivity contribution in [2.24, 2.45) is 5.92 Å². The molecule has 0 N–H and O–H groups in total. The van der Waals surface area contributed by atoms with Crippen LogP contribution in [0.25, 0.3) is 0 Å². The summed E-state index contributed by atoms with van der Waals surface area (Å²) < 4.78 is 5.67. The van der Waals surface area contributed by atoms with Crippen molar-refractivity contribution >= 4 is 11.6 Å². The number of benzene rings is 1. The van der Waals surface area contributed by atoms with E-state index in [0.717, 1.165) is 37.7 Å². The lowest BCUT2D eigenvalue weighted by Crippen LogP contribution is -2.23. The van der Waals surface area contributed by atoms with Crippen LogP contribution in [-0.4, -0.2) is 37.0 Å². The highest BCUT2D eigenvalue weighted by Crippen LogP contribution is 2.17. The highest BCUT2D eigenvalue weighted by molar-refractivity contribution is 6.18. The van der Waals surface area contributed by atoms with Crippen LogP contribution in [0.1, 0.15) is 12.8 Å². The zero-order valence-electron chi connectivity index (χ0n) is 10.1. The van der Waals surface area contributed by atoms with E-state index in [1.54, 1.807) is 0 Å². The molecule has 1 saturated heterocycles. The fraction of sp³-hybridized carbons (Fsp3) is 0.571. The van der Waals surface area contributed by atoms with Crippen molar-refractivity contribution in [1.82, 2.24) is 4.90 Å². The van der Waals surface area contributed by atoms with Gasteiger partial charge in [-0.3, -0.25) is 0 Å². The van der Waals surface area contributed by atoms with Crippen LogP contribution < -0.4 is 4.74 Å². The molecule has 1 heterocycles. The van der Waals surface area contributed by atoms with E-state index in [1.165, 1.54) is 13.0 Å². The van der Waals surface area contributed by atoms with Crippen molar-refractivity contribution in [2.75, 3.05) is 32.1 Å². The molecule has 0 aromatic heterocycles. The third kappa shape index (κ3) is 4.21. The minimum absolute atomic E-state index is 0.701. The number of alkyl halides is 1. The van der Waals surface area contributed by atoms with Crippen LogP contribution in [0.15, 0.2) is 30.3 Å². The molecule has 1 aromatic carbocycles. The van der Waals surface area contributed by atoms with Gasteiger partial charge in [0.2, 0.25) is 0 Å². The van der Waals surface area contributed by atoms with Gasteiger partial charge < -0.3 is 9.64 Å². The molecule has 17 heavy (non-hydrogen) atoms. The van der Waals surface area contributed by atoms with Gasteiger partial charge in [-0.15, -0.1) is 11.6 Å². The first-order chi connectivity index (χ1) is 8.38. The van der Waals surface area contributed by atoms with Crippen LogP contribution in [0.2, 0.25) is 0 Å². The number of rotatable bonds is 6. The minimum atomic E-state index is 0.701. The summed E-state index contributed by atoms with van der Waals surface area (Å²) in [6.45, 7) is 4.28. The van der Waals surface area contributed by atoms with Crippen LogP contribution in [0.5, 0.6) is 5.75 Å². The van der Waals surface area contributed by atoms with Gasteiger partial charge in [-0.05, 0) is 37.4 Å². The van der Waals surface area contributed by atoms with E-state index in [2.05, 4.69) is 4.90 Å². The molecule has 1 atom stereocenters. The summed E-state index contributed by atoms with van der Waals surface area (Å²) in [7, 11) is 0. The molecule has 94 valence electrons. The van der Waals surface area contributed by atoms with E-state index in [9.17, 15) is 0 Å². The molecule has 0 saturated carbocycles. The quantitative estimate of drug-likeness (QED) is 0.571. The molecule has 1 aliphatic heterocycles. The van der Waals surface area contributed by atoms with Gasteiger partial charge in [0.1, 0.15) is 5.75 Å². The van der Waals surface area contributed by atoms with E-state index in [4.69, 9.17) is 16.3 Å². The second-order valence-electron chi connectivity index (χ2n) is 4.62. The Hall–Kier alpha value is -0.730. The first kappa shape index (κ1) is 12.7. The van der Waals surface area contributed by atoms with E-state index in [1.807, 2.05) is 30.3 Å². The summed E-state index contributed by atoms with van der Waals surface area (Å²) in [5.41, 5.74) is 0. The normalized spacial score (nSPS) is 20.6. The number of likely N-dealkylation sites (tertiary alicyclic amines) is 1. The number of halogens is 1. The molecule has 1 fully saturated rings. The van der Waals surface area contributed by atoms with Crippen molar-refractivity contribution in [3.63, 3.8) is 0 Å². The van der Waals surface area contributed by atoms with Gasteiger partial charge >= 0.3 is 0 Å². The molecule has 0 radical (unpaired) electrons. The van der Waals surface area contributed by atoms with Crippen molar-refractivity contribution in [3.05, 3.63) is 30.3 Å². The third-order valence-electron chi connectivity index (χ3n) is 3.22. The van der Waals surface area contributed by atoms with E-state index in [-0.39, 0.29) is 0 Å². The van der Waals surface area contributed by atoms with Gasteiger partial charge in [0.15, 0.2) is 0 Å². The highest BCUT2D eigenvalue weighted by Gasteiger charge is 2.20. The van der Waals surface area contributed by atoms with Crippen LogP contribution in [0, 0.1) is 5.92 Å². The second-order valence-corrected chi connectivity index (χ2v) is 4.93. The summed E-state index contributed by atoms with van der Waals surface area (Å²) in [6, 6.07) is 10.0. The van der Waals surface area contributed by atoms with Crippen molar-refractivity contribution in [2.45, 2.75) is 12.8 Å². The summed E-state index contributed by atoms with van der Waals surface area (Å²) in [6.07, 6.45) is 2.34. The van der Waals surface area contributed by atoms with E-state index < -0.39 is 0 Å². The number of nitrogens with zero attached hydrogens (tertiary/aromatic N) is 1.